The van der Waals surface area contributed by atoms with Gasteiger partial charge in [-0.15, -0.1) is 0 Å². The molecule has 0 saturated heterocycles. The number of nitriles is 1. The number of carbonyl (C=O) groups is 1. The Morgan fingerprint density at radius 3 is 2.56 bits per heavy atom. The molecule has 0 heterocycles. The fourth-order valence-electron chi connectivity index (χ4n) is 1.36. The highest BCUT2D eigenvalue weighted by Crippen LogP contribution is 2.04. The fourth-order valence-corrected chi connectivity index (χ4v) is 1.36. The SMILES string of the molecule is CCC(=CCN(CCC#N)C(C)C)C(=O)O. The second-order valence-electron chi connectivity index (χ2n) is 3.88. The highest BCUT2D eigenvalue weighted by molar-refractivity contribution is 5.86. The quantitative estimate of drug-likeness (QED) is 0.672. The molecule has 0 atom stereocenters. The Morgan fingerprint density at radius 1 is 1.56 bits per heavy atom. The third-order valence-electron chi connectivity index (χ3n) is 2.47. The first-order chi connectivity index (χ1) is 7.52. The number of rotatable bonds is 7. The standard InChI is InChI=1S/C12H20N2O2/c1-4-11(12(15)16)6-9-14(10(2)3)8-5-7-13/h6,10H,4-5,8-9H2,1-3H3,(H,15,16). The van der Waals surface area contributed by atoms with Crippen molar-refractivity contribution < 1.29 is 9.90 Å². The van der Waals surface area contributed by atoms with E-state index in [2.05, 4.69) is 11.0 Å². The average molecular weight is 224 g/mol. The molecular weight excluding hydrogens is 204 g/mol. The smallest absolute Gasteiger partial charge is 0.331 e. The van der Waals surface area contributed by atoms with E-state index in [0.29, 0.717) is 37.5 Å². The van der Waals surface area contributed by atoms with Gasteiger partial charge in [-0.1, -0.05) is 13.0 Å². The van der Waals surface area contributed by atoms with Gasteiger partial charge in [0.2, 0.25) is 0 Å². The Labute approximate surface area is 97.2 Å². The van der Waals surface area contributed by atoms with Gasteiger partial charge in [0.1, 0.15) is 0 Å². The molecule has 0 fully saturated rings. The maximum Gasteiger partial charge on any atom is 0.331 e. The Bertz CT molecular complexity index is 290. The first kappa shape index (κ1) is 14.7. The van der Waals surface area contributed by atoms with E-state index in [1.54, 1.807) is 6.08 Å². The predicted octanol–water partition coefficient (Wildman–Crippen LogP) is 2.03. The number of carboxylic acid groups (broad SMARTS) is 1. The lowest BCUT2D eigenvalue weighted by molar-refractivity contribution is -0.132. The summed E-state index contributed by atoms with van der Waals surface area (Å²) < 4.78 is 0. The van der Waals surface area contributed by atoms with Crippen LogP contribution in [0.2, 0.25) is 0 Å². The Balaban J connectivity index is 4.40. The molecule has 0 aromatic rings. The van der Waals surface area contributed by atoms with E-state index in [4.69, 9.17) is 10.4 Å². The van der Waals surface area contributed by atoms with Crippen molar-refractivity contribution in [3.8, 4) is 6.07 Å². The molecule has 0 radical (unpaired) electrons. The van der Waals surface area contributed by atoms with Gasteiger partial charge in [-0.25, -0.2) is 4.79 Å². The summed E-state index contributed by atoms with van der Waals surface area (Å²) >= 11 is 0. The number of hydrogen-bond donors (Lipinski definition) is 1. The highest BCUT2D eigenvalue weighted by atomic mass is 16.4. The molecule has 0 aliphatic rings. The summed E-state index contributed by atoms with van der Waals surface area (Å²) in [7, 11) is 0. The van der Waals surface area contributed by atoms with E-state index >= 15 is 0 Å². The van der Waals surface area contributed by atoms with Gasteiger partial charge < -0.3 is 5.11 Å². The molecule has 0 bridgehead atoms. The van der Waals surface area contributed by atoms with Crippen LogP contribution in [0.3, 0.4) is 0 Å². The van der Waals surface area contributed by atoms with E-state index in [1.807, 2.05) is 20.8 Å². The van der Waals surface area contributed by atoms with Crippen molar-refractivity contribution in [1.29, 1.82) is 5.26 Å². The monoisotopic (exact) mass is 224 g/mol. The number of nitrogens with zero attached hydrogens (tertiary/aromatic N) is 2. The van der Waals surface area contributed by atoms with E-state index in [9.17, 15) is 4.79 Å². The topological polar surface area (TPSA) is 64.3 Å². The molecule has 0 unspecified atom stereocenters. The maximum atomic E-state index is 10.8. The van der Waals surface area contributed by atoms with Crippen LogP contribution >= 0.6 is 0 Å². The molecule has 90 valence electrons. The minimum absolute atomic E-state index is 0.316. The van der Waals surface area contributed by atoms with E-state index in [0.717, 1.165) is 0 Å². The molecule has 16 heavy (non-hydrogen) atoms. The van der Waals surface area contributed by atoms with Crippen LogP contribution in [0.25, 0.3) is 0 Å². The Morgan fingerprint density at radius 2 is 2.19 bits per heavy atom. The molecule has 4 heteroatoms. The van der Waals surface area contributed by atoms with E-state index in [-0.39, 0.29) is 0 Å². The van der Waals surface area contributed by atoms with Crippen LogP contribution in [0.5, 0.6) is 0 Å². The third kappa shape index (κ3) is 5.52. The van der Waals surface area contributed by atoms with Gasteiger partial charge in [0.15, 0.2) is 0 Å². The van der Waals surface area contributed by atoms with Crippen molar-refractivity contribution in [2.24, 2.45) is 0 Å². The summed E-state index contributed by atoms with van der Waals surface area (Å²) in [5.41, 5.74) is 0.433. The molecule has 0 aromatic carbocycles. The lowest BCUT2D eigenvalue weighted by atomic mass is 10.2. The molecule has 0 aromatic heterocycles. The van der Waals surface area contributed by atoms with Crippen molar-refractivity contribution in [2.75, 3.05) is 13.1 Å². The Hall–Kier alpha value is -1.34. The van der Waals surface area contributed by atoms with Crippen molar-refractivity contribution in [2.45, 2.75) is 39.7 Å². The second-order valence-corrected chi connectivity index (χ2v) is 3.88. The number of hydrogen-bond acceptors (Lipinski definition) is 3. The number of aliphatic carboxylic acids is 1. The van der Waals surface area contributed by atoms with Crippen LogP contribution in [-0.4, -0.2) is 35.1 Å². The van der Waals surface area contributed by atoms with Crippen molar-refractivity contribution >= 4 is 5.97 Å². The molecule has 0 saturated carbocycles. The summed E-state index contributed by atoms with van der Waals surface area (Å²) in [6, 6.07) is 2.41. The molecular formula is C12H20N2O2. The largest absolute Gasteiger partial charge is 0.478 e. The van der Waals surface area contributed by atoms with E-state index < -0.39 is 5.97 Å². The van der Waals surface area contributed by atoms with Crippen molar-refractivity contribution in [1.82, 2.24) is 4.90 Å². The lowest BCUT2D eigenvalue weighted by Gasteiger charge is -2.24. The first-order valence-electron chi connectivity index (χ1n) is 5.56. The first-order valence-corrected chi connectivity index (χ1v) is 5.56. The summed E-state index contributed by atoms with van der Waals surface area (Å²) in [4.78, 5) is 12.9. The van der Waals surface area contributed by atoms with Crippen LogP contribution < -0.4 is 0 Å². The Kier molecular flexibility index (Phi) is 7.23. The van der Waals surface area contributed by atoms with Crippen LogP contribution in [0.4, 0.5) is 0 Å². The molecule has 4 nitrogen and oxygen atoms in total. The zero-order valence-electron chi connectivity index (χ0n) is 10.2. The van der Waals surface area contributed by atoms with Gasteiger partial charge in [-0.05, 0) is 20.3 Å². The van der Waals surface area contributed by atoms with Gasteiger partial charge >= 0.3 is 5.97 Å². The minimum atomic E-state index is -0.855. The van der Waals surface area contributed by atoms with Gasteiger partial charge in [0.05, 0.1) is 6.07 Å². The molecule has 0 amide bonds. The summed E-state index contributed by atoms with van der Waals surface area (Å²) in [5.74, 6) is -0.855. The molecule has 0 aliphatic carbocycles. The molecule has 1 N–H and O–H groups in total. The number of carboxylic acids is 1. The van der Waals surface area contributed by atoms with Crippen molar-refractivity contribution in [3.63, 3.8) is 0 Å². The second kappa shape index (κ2) is 7.89. The zero-order valence-corrected chi connectivity index (χ0v) is 10.2. The summed E-state index contributed by atoms with van der Waals surface area (Å²) in [5, 5.41) is 17.4. The average Bonchev–Trinajstić information content (AvgIpc) is 2.22. The summed E-state index contributed by atoms with van der Waals surface area (Å²) in [6.07, 6.45) is 2.74. The third-order valence-corrected chi connectivity index (χ3v) is 2.47. The van der Waals surface area contributed by atoms with Crippen LogP contribution in [0.15, 0.2) is 11.6 Å². The molecule has 0 aliphatic heterocycles. The molecule has 0 rings (SSSR count). The van der Waals surface area contributed by atoms with Gasteiger partial charge in [0.25, 0.3) is 0 Å². The van der Waals surface area contributed by atoms with Gasteiger partial charge in [0, 0.05) is 31.1 Å². The van der Waals surface area contributed by atoms with Gasteiger partial charge in [-0.3, -0.25) is 4.90 Å². The minimum Gasteiger partial charge on any atom is -0.478 e. The fraction of sp³-hybridized carbons (Fsp3) is 0.667. The van der Waals surface area contributed by atoms with Crippen molar-refractivity contribution in [3.05, 3.63) is 11.6 Å². The predicted molar refractivity (Wildman–Crippen MR) is 62.9 cm³/mol. The normalized spacial score (nSPS) is 11.9. The van der Waals surface area contributed by atoms with Crippen LogP contribution in [0, 0.1) is 11.3 Å². The zero-order chi connectivity index (χ0) is 12.6. The van der Waals surface area contributed by atoms with E-state index in [1.165, 1.54) is 0 Å². The van der Waals surface area contributed by atoms with Crippen LogP contribution in [-0.2, 0) is 4.79 Å². The van der Waals surface area contributed by atoms with Gasteiger partial charge in [-0.2, -0.15) is 5.26 Å². The lowest BCUT2D eigenvalue weighted by Crippen LogP contribution is -2.32. The van der Waals surface area contributed by atoms with Crippen LogP contribution in [0.1, 0.15) is 33.6 Å². The molecule has 0 spiro atoms. The summed E-state index contributed by atoms with van der Waals surface area (Å²) in [6.45, 7) is 7.18. The highest BCUT2D eigenvalue weighted by Gasteiger charge is 2.09. The maximum absolute atomic E-state index is 10.8.